The lowest BCUT2D eigenvalue weighted by Crippen LogP contribution is -2.41. The Hall–Kier alpha value is -3.06. The van der Waals surface area contributed by atoms with Crippen LogP contribution in [0.4, 0.5) is 5.69 Å². The van der Waals surface area contributed by atoms with Crippen molar-refractivity contribution < 1.29 is 19.1 Å². The molecule has 2 aliphatic rings. The predicted molar refractivity (Wildman–Crippen MR) is 123 cm³/mol. The van der Waals surface area contributed by atoms with Crippen molar-refractivity contribution in [3.63, 3.8) is 0 Å². The molecule has 7 nitrogen and oxygen atoms in total. The highest BCUT2D eigenvalue weighted by Gasteiger charge is 2.31. The van der Waals surface area contributed by atoms with E-state index in [-0.39, 0.29) is 30.9 Å². The zero-order chi connectivity index (χ0) is 22.7. The minimum absolute atomic E-state index is 0.0233. The molecule has 1 saturated heterocycles. The number of benzene rings is 2. The first-order valence-corrected chi connectivity index (χ1v) is 11.2. The summed E-state index contributed by atoms with van der Waals surface area (Å²) < 4.78 is 11.3. The highest BCUT2D eigenvalue weighted by atomic mass is 16.6. The summed E-state index contributed by atoms with van der Waals surface area (Å²) >= 11 is 0. The van der Waals surface area contributed by atoms with Gasteiger partial charge in [-0.15, -0.1) is 0 Å². The van der Waals surface area contributed by atoms with E-state index in [1.54, 1.807) is 11.9 Å². The number of ether oxygens (including phenoxy) is 2. The number of carbonyl (C=O) groups is 2. The van der Waals surface area contributed by atoms with Crippen LogP contribution in [0.2, 0.25) is 0 Å². The molecule has 0 bridgehead atoms. The number of para-hydroxylation sites is 1. The molecule has 2 aromatic carbocycles. The maximum absolute atomic E-state index is 13.1. The average molecular weight is 438 g/mol. The molecule has 0 saturated carbocycles. The highest BCUT2D eigenvalue weighted by molar-refractivity contribution is 5.94. The summed E-state index contributed by atoms with van der Waals surface area (Å²) in [6.07, 6.45) is 1.88. The summed E-state index contributed by atoms with van der Waals surface area (Å²) in [5.41, 5.74) is 3.96. The molecule has 7 heteroatoms. The zero-order valence-corrected chi connectivity index (χ0v) is 19.0. The second kappa shape index (κ2) is 9.61. The van der Waals surface area contributed by atoms with Crippen molar-refractivity contribution in [3.8, 4) is 11.5 Å². The van der Waals surface area contributed by atoms with Crippen LogP contribution in [0.25, 0.3) is 0 Å². The van der Waals surface area contributed by atoms with E-state index in [1.165, 1.54) is 0 Å². The summed E-state index contributed by atoms with van der Waals surface area (Å²) in [6, 6.07) is 11.9. The number of likely N-dealkylation sites (N-methyl/N-ethyl adjacent to an activating group) is 1. The van der Waals surface area contributed by atoms with E-state index in [4.69, 9.17) is 9.47 Å². The number of rotatable bonds is 6. The molecule has 0 radical (unpaired) electrons. The molecule has 4 rings (SSSR count). The van der Waals surface area contributed by atoms with Crippen LogP contribution in [0, 0.1) is 13.8 Å². The summed E-state index contributed by atoms with van der Waals surface area (Å²) in [7, 11) is 1.80. The Kier molecular flexibility index (Phi) is 6.65. The molecule has 1 N–H and O–H groups in total. The van der Waals surface area contributed by atoms with Crippen LogP contribution < -0.4 is 14.8 Å². The number of carbonyl (C=O) groups excluding carboxylic acids is 2. The maximum atomic E-state index is 13.1. The van der Waals surface area contributed by atoms with Crippen molar-refractivity contribution in [3.05, 3.63) is 53.1 Å². The van der Waals surface area contributed by atoms with Crippen LogP contribution in [0.5, 0.6) is 11.5 Å². The Balaban J connectivity index is 1.36. The van der Waals surface area contributed by atoms with Crippen LogP contribution in [0.3, 0.4) is 0 Å². The van der Waals surface area contributed by atoms with Crippen molar-refractivity contribution in [1.82, 2.24) is 9.80 Å². The van der Waals surface area contributed by atoms with Gasteiger partial charge < -0.3 is 19.7 Å². The first-order valence-electron chi connectivity index (χ1n) is 11.2. The quantitative estimate of drug-likeness (QED) is 0.751. The number of anilines is 1. The van der Waals surface area contributed by atoms with Crippen molar-refractivity contribution in [2.45, 2.75) is 32.7 Å². The molecule has 0 aromatic heterocycles. The van der Waals surface area contributed by atoms with Gasteiger partial charge in [0.2, 0.25) is 11.8 Å². The number of aryl methyl sites for hydroxylation is 2. The van der Waals surface area contributed by atoms with Gasteiger partial charge in [0.25, 0.3) is 0 Å². The minimum Gasteiger partial charge on any atom is -0.486 e. The number of likely N-dealkylation sites (tertiary alicyclic amines) is 1. The van der Waals surface area contributed by atoms with E-state index >= 15 is 0 Å². The van der Waals surface area contributed by atoms with Gasteiger partial charge in [-0.25, -0.2) is 0 Å². The van der Waals surface area contributed by atoms with Crippen LogP contribution >= 0.6 is 0 Å². The molecule has 2 amide bonds. The van der Waals surface area contributed by atoms with E-state index in [9.17, 15) is 9.59 Å². The predicted octanol–water partition coefficient (Wildman–Crippen LogP) is 3.31. The Morgan fingerprint density at radius 1 is 1.06 bits per heavy atom. The zero-order valence-electron chi connectivity index (χ0n) is 19.0. The average Bonchev–Trinajstić information content (AvgIpc) is 3.26. The standard InChI is InChI=1S/C25H31N3O4/c1-17-6-4-7-18(2)25(17)26-23(29)15-27(3)16-24(30)28-11-5-8-20(28)19-9-10-21-22(14-19)32-13-12-31-21/h4,6-7,9-10,14,20H,5,8,11-13,15-16H2,1-3H3,(H,26,29)/t20-/m0/s1. The van der Waals surface area contributed by atoms with Gasteiger partial charge in [0.15, 0.2) is 11.5 Å². The SMILES string of the molecule is Cc1cccc(C)c1NC(=O)CN(C)CC(=O)N1CCC[C@H]1c1ccc2c(c1)OCCO2. The molecule has 0 spiro atoms. The highest BCUT2D eigenvalue weighted by Crippen LogP contribution is 2.38. The van der Waals surface area contributed by atoms with Crippen molar-refractivity contribution in [2.24, 2.45) is 0 Å². The third kappa shape index (κ3) is 4.88. The first kappa shape index (κ1) is 22.1. The van der Waals surface area contributed by atoms with Crippen molar-refractivity contribution >= 4 is 17.5 Å². The van der Waals surface area contributed by atoms with Gasteiger partial charge in [-0.3, -0.25) is 14.5 Å². The molecule has 2 heterocycles. The fraction of sp³-hybridized carbons (Fsp3) is 0.440. The first-order chi connectivity index (χ1) is 15.4. The number of amides is 2. The summed E-state index contributed by atoms with van der Waals surface area (Å²) in [5.74, 6) is 1.41. The van der Waals surface area contributed by atoms with Crippen molar-refractivity contribution in [2.75, 3.05) is 45.2 Å². The number of nitrogens with one attached hydrogen (secondary N) is 1. The second-order valence-electron chi connectivity index (χ2n) is 8.64. The van der Waals surface area contributed by atoms with Gasteiger partial charge in [-0.1, -0.05) is 24.3 Å². The normalized spacial score (nSPS) is 17.5. The van der Waals surface area contributed by atoms with Gasteiger partial charge in [0, 0.05) is 12.2 Å². The van der Waals surface area contributed by atoms with Crippen LogP contribution in [0.15, 0.2) is 36.4 Å². The number of hydrogen-bond acceptors (Lipinski definition) is 5. The van der Waals surface area contributed by atoms with Gasteiger partial charge in [-0.05, 0) is 62.6 Å². The molecule has 170 valence electrons. The maximum Gasteiger partial charge on any atom is 0.238 e. The topological polar surface area (TPSA) is 71.1 Å². The fourth-order valence-electron chi connectivity index (χ4n) is 4.49. The second-order valence-corrected chi connectivity index (χ2v) is 8.64. The molecule has 0 unspecified atom stereocenters. The monoisotopic (exact) mass is 437 g/mol. The number of fused-ring (bicyclic) bond motifs is 1. The molecule has 2 aromatic rings. The van der Waals surface area contributed by atoms with E-state index in [2.05, 4.69) is 5.32 Å². The third-order valence-corrected chi connectivity index (χ3v) is 6.09. The van der Waals surface area contributed by atoms with E-state index in [0.717, 1.165) is 53.3 Å². The van der Waals surface area contributed by atoms with Gasteiger partial charge in [-0.2, -0.15) is 0 Å². The van der Waals surface area contributed by atoms with Gasteiger partial charge in [0.05, 0.1) is 19.1 Å². The van der Waals surface area contributed by atoms with Crippen LogP contribution in [-0.2, 0) is 9.59 Å². The van der Waals surface area contributed by atoms with Gasteiger partial charge in [0.1, 0.15) is 13.2 Å². The molecular formula is C25H31N3O4. The molecule has 2 aliphatic heterocycles. The lowest BCUT2D eigenvalue weighted by molar-refractivity contribution is -0.133. The summed E-state index contributed by atoms with van der Waals surface area (Å²) in [4.78, 5) is 29.3. The summed E-state index contributed by atoms with van der Waals surface area (Å²) in [6.45, 7) is 6.12. The van der Waals surface area contributed by atoms with Gasteiger partial charge >= 0.3 is 0 Å². The molecule has 1 atom stereocenters. The Morgan fingerprint density at radius 3 is 2.53 bits per heavy atom. The van der Waals surface area contributed by atoms with E-state index < -0.39 is 0 Å². The largest absolute Gasteiger partial charge is 0.486 e. The lowest BCUT2D eigenvalue weighted by atomic mass is 10.0. The van der Waals surface area contributed by atoms with Crippen LogP contribution in [0.1, 0.15) is 35.6 Å². The van der Waals surface area contributed by atoms with Crippen LogP contribution in [-0.4, -0.2) is 61.5 Å². The lowest BCUT2D eigenvalue weighted by Gasteiger charge is -2.28. The third-order valence-electron chi connectivity index (χ3n) is 6.09. The minimum atomic E-state index is -0.123. The molecule has 0 aliphatic carbocycles. The molecule has 1 fully saturated rings. The Morgan fingerprint density at radius 2 is 1.78 bits per heavy atom. The Labute approximate surface area is 189 Å². The van der Waals surface area contributed by atoms with E-state index in [1.807, 2.05) is 55.1 Å². The smallest absolute Gasteiger partial charge is 0.238 e. The molecular weight excluding hydrogens is 406 g/mol. The summed E-state index contributed by atoms with van der Waals surface area (Å²) in [5, 5.41) is 2.98. The molecule has 32 heavy (non-hydrogen) atoms. The number of hydrogen-bond donors (Lipinski definition) is 1. The number of nitrogens with zero attached hydrogens (tertiary/aromatic N) is 2. The fourth-order valence-corrected chi connectivity index (χ4v) is 4.49. The van der Waals surface area contributed by atoms with Crippen molar-refractivity contribution in [1.29, 1.82) is 0 Å². The Bertz CT molecular complexity index is 986. The van der Waals surface area contributed by atoms with E-state index in [0.29, 0.717) is 13.2 Å².